The molecule has 1 aliphatic rings. The highest BCUT2D eigenvalue weighted by molar-refractivity contribution is 7.86. The van der Waals surface area contributed by atoms with Crippen LogP contribution in [0.3, 0.4) is 0 Å². The molecular formula is C12H18N2O9S2. The molecule has 1 fully saturated rings. The summed E-state index contributed by atoms with van der Waals surface area (Å²) in [7, 11) is -7.84. The number of rotatable bonds is 6. The zero-order valence-corrected chi connectivity index (χ0v) is 14.8. The Hall–Kier alpha value is -1.54. The van der Waals surface area contributed by atoms with Gasteiger partial charge in [0.2, 0.25) is 0 Å². The van der Waals surface area contributed by atoms with E-state index in [2.05, 4.69) is 4.18 Å². The van der Waals surface area contributed by atoms with Crippen molar-refractivity contribution >= 4 is 20.2 Å². The molecule has 2 rings (SSSR count). The molecule has 2 heterocycles. The van der Waals surface area contributed by atoms with Crippen molar-refractivity contribution < 1.29 is 34.1 Å². The van der Waals surface area contributed by atoms with E-state index in [1.54, 1.807) is 0 Å². The standard InChI is InChI=1S/C12H18N2O9S2/c1-7-5-14(12(16)13-11(7)15)10-4-8(23-25(3,19)20)9(22-10)6-21-24(2,17)18/h5,8-10H,4,6H2,1-3H3,(H,13,15,16)/i1D3. The number of nitrogens with zero attached hydrogens (tertiary/aromatic N) is 1. The van der Waals surface area contributed by atoms with Gasteiger partial charge in [-0.2, -0.15) is 16.8 Å². The summed E-state index contributed by atoms with van der Waals surface area (Å²) in [4.78, 5) is 25.7. The Balaban J connectivity index is 2.39. The number of ether oxygens (including phenoxy) is 1. The fraction of sp³-hybridized carbons (Fsp3) is 0.667. The van der Waals surface area contributed by atoms with Gasteiger partial charge in [-0.15, -0.1) is 0 Å². The average Bonchev–Trinajstić information content (AvgIpc) is 2.83. The van der Waals surface area contributed by atoms with E-state index in [1.807, 2.05) is 4.98 Å². The predicted octanol–water partition coefficient (Wildman–Crippen LogP) is -1.55. The Bertz CT molecular complexity index is 1060. The van der Waals surface area contributed by atoms with Gasteiger partial charge in [0.1, 0.15) is 18.4 Å². The lowest BCUT2D eigenvalue weighted by atomic mass is 10.2. The van der Waals surface area contributed by atoms with E-state index >= 15 is 0 Å². The first-order chi connectivity index (χ1) is 12.6. The predicted molar refractivity (Wildman–Crippen MR) is 85.1 cm³/mol. The molecule has 0 aliphatic carbocycles. The maximum Gasteiger partial charge on any atom is 0.330 e. The smallest absolute Gasteiger partial charge is 0.330 e. The fourth-order valence-corrected chi connectivity index (χ4v) is 3.27. The van der Waals surface area contributed by atoms with E-state index < -0.39 is 68.9 Å². The summed E-state index contributed by atoms with van der Waals surface area (Å²) in [6.45, 7) is -3.41. The number of aromatic amines is 1. The second kappa shape index (κ2) is 6.99. The molecule has 0 spiro atoms. The van der Waals surface area contributed by atoms with E-state index in [-0.39, 0.29) is 6.42 Å². The molecule has 1 aromatic rings. The van der Waals surface area contributed by atoms with Crippen LogP contribution in [-0.2, 0) is 33.3 Å². The van der Waals surface area contributed by atoms with Crippen LogP contribution in [0.1, 0.15) is 22.3 Å². The minimum absolute atomic E-state index is 0.253. The van der Waals surface area contributed by atoms with Crippen molar-refractivity contribution in [1.82, 2.24) is 9.55 Å². The molecule has 0 bridgehead atoms. The van der Waals surface area contributed by atoms with Gasteiger partial charge in [0.25, 0.3) is 25.8 Å². The van der Waals surface area contributed by atoms with Crippen molar-refractivity contribution in [2.24, 2.45) is 0 Å². The molecule has 1 aromatic heterocycles. The lowest BCUT2D eigenvalue weighted by molar-refractivity contribution is -0.0353. The molecular weight excluding hydrogens is 380 g/mol. The Morgan fingerprint density at radius 1 is 1.32 bits per heavy atom. The number of hydrogen-bond donors (Lipinski definition) is 1. The van der Waals surface area contributed by atoms with Crippen molar-refractivity contribution in [3.63, 3.8) is 0 Å². The third-order valence-corrected chi connectivity index (χ3v) is 4.36. The third-order valence-electron chi connectivity index (χ3n) is 3.20. The Labute approximate surface area is 148 Å². The molecule has 142 valence electrons. The molecule has 1 saturated heterocycles. The number of aromatic nitrogens is 2. The number of hydrogen-bond acceptors (Lipinski definition) is 9. The Kier molecular flexibility index (Phi) is 4.39. The first-order valence-electron chi connectivity index (χ1n) is 8.31. The summed E-state index contributed by atoms with van der Waals surface area (Å²) in [5.74, 6) is 0. The van der Waals surface area contributed by atoms with Crippen LogP contribution in [0.25, 0.3) is 0 Å². The minimum atomic E-state index is -3.97. The van der Waals surface area contributed by atoms with Crippen molar-refractivity contribution in [3.05, 3.63) is 32.6 Å². The number of nitrogens with one attached hydrogen (secondary N) is 1. The summed E-state index contributed by atoms with van der Waals surface area (Å²) < 4.78 is 83.0. The van der Waals surface area contributed by atoms with E-state index in [4.69, 9.17) is 13.0 Å². The van der Waals surface area contributed by atoms with Gasteiger partial charge >= 0.3 is 5.69 Å². The van der Waals surface area contributed by atoms with Gasteiger partial charge in [0.05, 0.1) is 19.1 Å². The number of H-pyrrole nitrogens is 1. The summed E-state index contributed by atoms with van der Waals surface area (Å²) in [6, 6.07) is 0. The second-order valence-electron chi connectivity index (χ2n) is 5.40. The molecule has 0 amide bonds. The zero-order chi connectivity index (χ0) is 21.5. The highest BCUT2D eigenvalue weighted by atomic mass is 32.2. The molecule has 11 nitrogen and oxygen atoms in total. The molecule has 1 N–H and O–H groups in total. The van der Waals surface area contributed by atoms with Gasteiger partial charge in [0, 0.05) is 22.3 Å². The van der Waals surface area contributed by atoms with Crippen molar-refractivity contribution in [2.45, 2.75) is 31.7 Å². The average molecular weight is 401 g/mol. The van der Waals surface area contributed by atoms with Gasteiger partial charge in [-0.05, 0) is 6.85 Å². The van der Waals surface area contributed by atoms with Gasteiger partial charge in [-0.25, -0.2) is 4.79 Å². The minimum Gasteiger partial charge on any atom is -0.349 e. The molecule has 3 unspecified atom stereocenters. The lowest BCUT2D eigenvalue weighted by Gasteiger charge is -2.17. The van der Waals surface area contributed by atoms with Crippen LogP contribution in [0.4, 0.5) is 0 Å². The van der Waals surface area contributed by atoms with Gasteiger partial charge < -0.3 is 4.74 Å². The number of aryl methyl sites for hydroxylation is 1. The monoisotopic (exact) mass is 401 g/mol. The van der Waals surface area contributed by atoms with Crippen LogP contribution >= 0.6 is 0 Å². The SMILES string of the molecule is [2H]C([2H])([2H])c1cn(C2CC(OS(C)(=O)=O)C(COS(C)(=O)=O)O2)c(=O)[nH]c1=O. The highest BCUT2D eigenvalue weighted by Gasteiger charge is 2.40. The van der Waals surface area contributed by atoms with Crippen LogP contribution in [0, 0.1) is 6.85 Å². The van der Waals surface area contributed by atoms with Gasteiger partial charge in [0.15, 0.2) is 0 Å². The van der Waals surface area contributed by atoms with Crippen molar-refractivity contribution in [3.8, 4) is 0 Å². The molecule has 0 radical (unpaired) electrons. The molecule has 0 aromatic carbocycles. The summed E-state index contributed by atoms with van der Waals surface area (Å²) in [5, 5.41) is 0. The summed E-state index contributed by atoms with van der Waals surface area (Å²) >= 11 is 0. The summed E-state index contributed by atoms with van der Waals surface area (Å²) in [6.07, 6.45) is -1.56. The molecule has 3 atom stereocenters. The van der Waals surface area contributed by atoms with E-state index in [0.29, 0.717) is 0 Å². The van der Waals surface area contributed by atoms with E-state index in [9.17, 15) is 26.4 Å². The summed E-state index contributed by atoms with van der Waals surface area (Å²) in [5.41, 5.74) is -2.77. The molecule has 1 aliphatic heterocycles. The maximum atomic E-state index is 12.1. The third kappa shape index (κ3) is 5.47. The van der Waals surface area contributed by atoms with Gasteiger partial charge in [-0.1, -0.05) is 0 Å². The van der Waals surface area contributed by atoms with Crippen molar-refractivity contribution in [2.75, 3.05) is 19.1 Å². The normalized spacial score (nSPS) is 26.8. The largest absolute Gasteiger partial charge is 0.349 e. The van der Waals surface area contributed by atoms with Crippen LogP contribution in [-0.4, -0.2) is 57.7 Å². The van der Waals surface area contributed by atoms with Crippen LogP contribution in [0.15, 0.2) is 15.8 Å². The lowest BCUT2D eigenvalue weighted by Crippen LogP contribution is -2.33. The molecule has 0 saturated carbocycles. The van der Waals surface area contributed by atoms with Crippen molar-refractivity contribution in [1.29, 1.82) is 0 Å². The maximum absolute atomic E-state index is 12.1. The first kappa shape index (κ1) is 15.7. The van der Waals surface area contributed by atoms with Crippen LogP contribution in [0.5, 0.6) is 0 Å². The van der Waals surface area contributed by atoms with Gasteiger partial charge in [-0.3, -0.25) is 22.7 Å². The van der Waals surface area contributed by atoms with E-state index in [0.717, 1.165) is 23.3 Å². The Morgan fingerprint density at radius 2 is 2.00 bits per heavy atom. The van der Waals surface area contributed by atoms with Crippen LogP contribution in [0.2, 0.25) is 0 Å². The van der Waals surface area contributed by atoms with E-state index in [1.165, 1.54) is 0 Å². The molecule has 25 heavy (non-hydrogen) atoms. The first-order valence-corrected chi connectivity index (χ1v) is 10.4. The zero-order valence-electron chi connectivity index (χ0n) is 16.2. The highest BCUT2D eigenvalue weighted by Crippen LogP contribution is 2.31. The van der Waals surface area contributed by atoms with Crippen LogP contribution < -0.4 is 11.2 Å². The fourth-order valence-electron chi connectivity index (χ4n) is 2.24. The Morgan fingerprint density at radius 3 is 2.56 bits per heavy atom. The quantitative estimate of drug-likeness (QED) is 0.559. The topological polar surface area (TPSA) is 151 Å². The molecule has 13 heteroatoms. The second-order valence-corrected chi connectivity index (χ2v) is 8.65.